The van der Waals surface area contributed by atoms with E-state index in [1.54, 1.807) is 0 Å². The molecule has 110 valence electrons. The SMILES string of the molecule is CCOCCCNC(=S)NC1CCN2CCCC2C1. The van der Waals surface area contributed by atoms with E-state index in [4.69, 9.17) is 17.0 Å². The molecule has 2 unspecified atom stereocenters. The minimum absolute atomic E-state index is 0.561. The summed E-state index contributed by atoms with van der Waals surface area (Å²) >= 11 is 5.36. The van der Waals surface area contributed by atoms with Crippen molar-refractivity contribution in [3.63, 3.8) is 0 Å². The normalized spacial score (nSPS) is 27.0. The number of nitrogens with zero attached hydrogens (tertiary/aromatic N) is 1. The largest absolute Gasteiger partial charge is 0.382 e. The summed E-state index contributed by atoms with van der Waals surface area (Å²) in [6.45, 7) is 7.06. The lowest BCUT2D eigenvalue weighted by Crippen LogP contribution is -2.49. The van der Waals surface area contributed by atoms with Crippen LogP contribution in [0.5, 0.6) is 0 Å². The minimum Gasteiger partial charge on any atom is -0.382 e. The standard InChI is InChI=1S/C14H27N3OS/c1-2-18-10-4-7-15-14(19)16-12-6-9-17-8-3-5-13(17)11-12/h12-13H,2-11H2,1H3,(H2,15,16,19). The number of hydrogen-bond acceptors (Lipinski definition) is 3. The molecule has 2 fully saturated rings. The van der Waals surface area contributed by atoms with E-state index in [9.17, 15) is 0 Å². The van der Waals surface area contributed by atoms with Crippen molar-refractivity contribution in [1.82, 2.24) is 15.5 Å². The van der Waals surface area contributed by atoms with Gasteiger partial charge in [0.05, 0.1) is 0 Å². The maximum atomic E-state index is 5.36. The average Bonchev–Trinajstić information content (AvgIpc) is 2.86. The van der Waals surface area contributed by atoms with Crippen LogP contribution in [-0.4, -0.2) is 54.9 Å². The van der Waals surface area contributed by atoms with Crippen molar-refractivity contribution in [2.24, 2.45) is 0 Å². The van der Waals surface area contributed by atoms with Gasteiger partial charge in [-0.25, -0.2) is 0 Å². The molecule has 2 rings (SSSR count). The third kappa shape index (κ3) is 4.89. The van der Waals surface area contributed by atoms with Gasteiger partial charge in [0.15, 0.2) is 5.11 Å². The van der Waals surface area contributed by atoms with E-state index in [-0.39, 0.29) is 0 Å². The van der Waals surface area contributed by atoms with Crippen LogP contribution in [0.3, 0.4) is 0 Å². The Bertz CT molecular complexity index is 288. The first-order valence-electron chi connectivity index (χ1n) is 7.65. The van der Waals surface area contributed by atoms with E-state index in [1.807, 2.05) is 6.92 Å². The summed E-state index contributed by atoms with van der Waals surface area (Å²) in [7, 11) is 0. The maximum Gasteiger partial charge on any atom is 0.166 e. The maximum absolute atomic E-state index is 5.36. The summed E-state index contributed by atoms with van der Waals surface area (Å²) in [4.78, 5) is 2.64. The van der Waals surface area contributed by atoms with Crippen LogP contribution in [0, 0.1) is 0 Å². The summed E-state index contributed by atoms with van der Waals surface area (Å²) in [5.41, 5.74) is 0. The molecule has 0 spiro atoms. The third-order valence-corrected chi connectivity index (χ3v) is 4.37. The van der Waals surface area contributed by atoms with Gasteiger partial charge in [-0.2, -0.15) is 0 Å². The number of nitrogens with one attached hydrogen (secondary N) is 2. The zero-order chi connectivity index (χ0) is 13.5. The van der Waals surface area contributed by atoms with Crippen molar-refractivity contribution < 1.29 is 4.74 Å². The fourth-order valence-electron chi connectivity index (χ4n) is 3.11. The van der Waals surface area contributed by atoms with E-state index in [2.05, 4.69) is 15.5 Å². The zero-order valence-corrected chi connectivity index (χ0v) is 12.8. The molecule has 0 aromatic carbocycles. The van der Waals surface area contributed by atoms with Gasteiger partial charge in [0.25, 0.3) is 0 Å². The van der Waals surface area contributed by atoms with Crippen LogP contribution in [-0.2, 0) is 4.74 Å². The Morgan fingerprint density at radius 1 is 1.37 bits per heavy atom. The van der Waals surface area contributed by atoms with Gasteiger partial charge < -0.3 is 20.3 Å². The second-order valence-electron chi connectivity index (χ2n) is 5.50. The van der Waals surface area contributed by atoms with Crippen molar-refractivity contribution >= 4 is 17.3 Å². The first-order chi connectivity index (χ1) is 9.29. The third-order valence-electron chi connectivity index (χ3n) is 4.11. The van der Waals surface area contributed by atoms with Crippen molar-refractivity contribution in [2.45, 2.75) is 51.1 Å². The van der Waals surface area contributed by atoms with E-state index in [0.29, 0.717) is 6.04 Å². The zero-order valence-electron chi connectivity index (χ0n) is 12.0. The van der Waals surface area contributed by atoms with Gasteiger partial charge in [-0.1, -0.05) is 0 Å². The highest BCUT2D eigenvalue weighted by atomic mass is 32.1. The fourth-order valence-corrected chi connectivity index (χ4v) is 3.38. The number of hydrogen-bond donors (Lipinski definition) is 2. The molecule has 2 aliphatic heterocycles. The number of ether oxygens (including phenoxy) is 1. The molecule has 0 bridgehead atoms. The Morgan fingerprint density at radius 3 is 3.11 bits per heavy atom. The Morgan fingerprint density at radius 2 is 2.26 bits per heavy atom. The highest BCUT2D eigenvalue weighted by Crippen LogP contribution is 2.26. The molecule has 2 atom stereocenters. The lowest BCUT2D eigenvalue weighted by Gasteiger charge is -2.35. The molecular weight excluding hydrogens is 258 g/mol. The number of rotatable bonds is 6. The number of thiocarbonyl (C=S) groups is 1. The highest BCUT2D eigenvalue weighted by molar-refractivity contribution is 7.80. The van der Waals surface area contributed by atoms with Gasteiger partial charge in [0.1, 0.15) is 0 Å². The minimum atomic E-state index is 0.561. The molecule has 0 aliphatic carbocycles. The molecule has 0 aromatic heterocycles. The van der Waals surface area contributed by atoms with E-state index in [1.165, 1.54) is 38.8 Å². The van der Waals surface area contributed by atoms with Crippen molar-refractivity contribution in [2.75, 3.05) is 32.8 Å². The first-order valence-corrected chi connectivity index (χ1v) is 8.06. The molecule has 5 heteroatoms. The van der Waals surface area contributed by atoms with E-state index >= 15 is 0 Å². The van der Waals surface area contributed by atoms with Crippen LogP contribution < -0.4 is 10.6 Å². The molecule has 2 saturated heterocycles. The highest BCUT2D eigenvalue weighted by Gasteiger charge is 2.31. The smallest absolute Gasteiger partial charge is 0.166 e. The fraction of sp³-hybridized carbons (Fsp3) is 0.929. The molecule has 2 heterocycles. The number of fused-ring (bicyclic) bond motifs is 1. The van der Waals surface area contributed by atoms with Crippen LogP contribution >= 0.6 is 12.2 Å². The number of piperidine rings is 1. The van der Waals surface area contributed by atoms with Crippen LogP contribution in [0.25, 0.3) is 0 Å². The molecule has 2 N–H and O–H groups in total. The predicted octanol–water partition coefficient (Wildman–Crippen LogP) is 1.50. The Kier molecular flexibility index (Phi) is 6.34. The Hall–Kier alpha value is -0.390. The molecule has 4 nitrogen and oxygen atoms in total. The van der Waals surface area contributed by atoms with Crippen molar-refractivity contribution in [3.05, 3.63) is 0 Å². The summed E-state index contributed by atoms with van der Waals surface area (Å²) in [6.07, 6.45) is 6.22. The molecule has 19 heavy (non-hydrogen) atoms. The average molecular weight is 285 g/mol. The van der Waals surface area contributed by atoms with Crippen LogP contribution in [0.4, 0.5) is 0 Å². The predicted molar refractivity (Wildman–Crippen MR) is 82.5 cm³/mol. The quantitative estimate of drug-likeness (QED) is 0.571. The lowest BCUT2D eigenvalue weighted by molar-refractivity contribution is 0.145. The van der Waals surface area contributed by atoms with Gasteiger partial charge >= 0.3 is 0 Å². The molecular formula is C14H27N3OS. The monoisotopic (exact) mass is 285 g/mol. The molecule has 0 saturated carbocycles. The second kappa shape index (κ2) is 8.02. The Balaban J connectivity index is 1.57. The van der Waals surface area contributed by atoms with Gasteiger partial charge in [-0.05, 0) is 57.8 Å². The van der Waals surface area contributed by atoms with E-state index in [0.717, 1.165) is 37.3 Å². The summed E-state index contributed by atoms with van der Waals surface area (Å²) in [5.74, 6) is 0. The lowest BCUT2D eigenvalue weighted by atomic mass is 9.98. The second-order valence-corrected chi connectivity index (χ2v) is 5.91. The van der Waals surface area contributed by atoms with Crippen molar-refractivity contribution in [1.29, 1.82) is 0 Å². The van der Waals surface area contributed by atoms with Crippen LogP contribution in [0.2, 0.25) is 0 Å². The molecule has 0 aromatic rings. The van der Waals surface area contributed by atoms with Gasteiger partial charge in [0.2, 0.25) is 0 Å². The van der Waals surface area contributed by atoms with Gasteiger partial charge in [-0.3, -0.25) is 0 Å². The summed E-state index contributed by atoms with van der Waals surface area (Å²) < 4.78 is 5.30. The van der Waals surface area contributed by atoms with Gasteiger partial charge in [-0.15, -0.1) is 0 Å². The molecule has 0 amide bonds. The van der Waals surface area contributed by atoms with Crippen LogP contribution in [0.1, 0.15) is 39.0 Å². The van der Waals surface area contributed by atoms with E-state index < -0.39 is 0 Å². The topological polar surface area (TPSA) is 36.5 Å². The van der Waals surface area contributed by atoms with Crippen molar-refractivity contribution in [3.8, 4) is 0 Å². The first kappa shape index (κ1) is 15.0. The molecule has 0 radical (unpaired) electrons. The van der Waals surface area contributed by atoms with Gasteiger partial charge in [0, 0.05) is 38.4 Å². The van der Waals surface area contributed by atoms with Crippen LogP contribution in [0.15, 0.2) is 0 Å². The summed E-state index contributed by atoms with van der Waals surface area (Å²) in [6, 6.07) is 1.36. The summed E-state index contributed by atoms with van der Waals surface area (Å²) in [5, 5.41) is 7.56. The Labute approximate surface area is 122 Å². The molecule has 2 aliphatic rings.